The van der Waals surface area contributed by atoms with Crippen LogP contribution < -0.4 is 10.1 Å². The van der Waals surface area contributed by atoms with Crippen molar-refractivity contribution in [2.45, 2.75) is 57.2 Å². The second-order valence-corrected chi connectivity index (χ2v) is 6.92. The summed E-state index contributed by atoms with van der Waals surface area (Å²) in [6.45, 7) is 4.95. The fourth-order valence-electron chi connectivity index (χ4n) is 3.11. The topological polar surface area (TPSA) is 129 Å². The largest absolute Gasteiger partial charge is 0.463 e. The predicted octanol–water partition coefficient (Wildman–Crippen LogP) is 0.716. The van der Waals surface area contributed by atoms with Gasteiger partial charge >= 0.3 is 0 Å². The summed E-state index contributed by atoms with van der Waals surface area (Å²) >= 11 is 0. The maximum Gasteiger partial charge on any atom is 0.269 e. The van der Waals surface area contributed by atoms with Crippen molar-refractivity contribution < 1.29 is 33.8 Å². The van der Waals surface area contributed by atoms with Gasteiger partial charge in [-0.15, -0.1) is 0 Å². The van der Waals surface area contributed by atoms with Crippen LogP contribution >= 0.6 is 0 Å². The molecule has 2 N–H and O–H groups in total. The number of aliphatic hydroxyl groups excluding tert-OH is 1. The molecule has 1 amide bonds. The highest BCUT2D eigenvalue weighted by atomic mass is 16.8. The number of amides is 1. The zero-order valence-corrected chi connectivity index (χ0v) is 15.2. The Morgan fingerprint density at radius 3 is 2.63 bits per heavy atom. The van der Waals surface area contributed by atoms with Crippen LogP contribution in [0.3, 0.4) is 0 Å². The average Bonchev–Trinajstić information content (AvgIpc) is 2.59. The number of carbonyl (C=O) groups is 1. The van der Waals surface area contributed by atoms with Gasteiger partial charge in [-0.25, -0.2) is 0 Å². The lowest BCUT2D eigenvalue weighted by atomic mass is 9.95. The van der Waals surface area contributed by atoms with E-state index in [1.54, 1.807) is 13.8 Å². The monoisotopic (exact) mass is 382 g/mol. The second-order valence-electron chi connectivity index (χ2n) is 6.92. The quantitative estimate of drug-likeness (QED) is 0.575. The summed E-state index contributed by atoms with van der Waals surface area (Å²) in [5.74, 6) is -0.965. The van der Waals surface area contributed by atoms with Crippen molar-refractivity contribution >= 4 is 11.6 Å². The molecule has 0 spiro atoms. The summed E-state index contributed by atoms with van der Waals surface area (Å²) in [7, 11) is 0. The summed E-state index contributed by atoms with van der Waals surface area (Å²) in [6.07, 6.45) is -3.43. The van der Waals surface area contributed by atoms with Gasteiger partial charge in [0.1, 0.15) is 30.1 Å². The lowest BCUT2D eigenvalue weighted by Crippen LogP contribution is -2.69. The number of non-ortho nitro benzene ring substituents is 1. The Morgan fingerprint density at radius 2 is 2.04 bits per heavy atom. The van der Waals surface area contributed by atoms with Gasteiger partial charge in [0.15, 0.2) is 5.79 Å². The van der Waals surface area contributed by atoms with Gasteiger partial charge in [0.25, 0.3) is 5.69 Å². The molecule has 1 aromatic rings. The van der Waals surface area contributed by atoms with Gasteiger partial charge in [-0.2, -0.15) is 0 Å². The van der Waals surface area contributed by atoms with E-state index in [9.17, 15) is 20.0 Å². The molecule has 5 atom stereocenters. The number of ether oxygens (including phenoxy) is 4. The molecule has 10 nitrogen and oxygen atoms in total. The minimum Gasteiger partial charge on any atom is -0.463 e. The summed E-state index contributed by atoms with van der Waals surface area (Å²) in [5, 5.41) is 24.2. The zero-order chi connectivity index (χ0) is 19.8. The van der Waals surface area contributed by atoms with E-state index in [0.29, 0.717) is 5.75 Å². The maximum atomic E-state index is 11.6. The van der Waals surface area contributed by atoms with Crippen LogP contribution in [0.25, 0.3) is 0 Å². The average molecular weight is 382 g/mol. The Bertz CT molecular complexity index is 707. The molecule has 1 aromatic carbocycles. The molecule has 0 unspecified atom stereocenters. The molecule has 2 aliphatic rings. The van der Waals surface area contributed by atoms with E-state index in [1.165, 1.54) is 31.2 Å². The van der Waals surface area contributed by atoms with Gasteiger partial charge in [-0.3, -0.25) is 14.9 Å². The smallest absolute Gasteiger partial charge is 0.269 e. The molecule has 0 aliphatic carbocycles. The lowest BCUT2D eigenvalue weighted by molar-refractivity contribution is -0.384. The Labute approximate surface area is 155 Å². The fraction of sp³-hybridized carbons (Fsp3) is 0.588. The van der Waals surface area contributed by atoms with E-state index in [2.05, 4.69) is 5.32 Å². The van der Waals surface area contributed by atoms with Crippen molar-refractivity contribution in [2.24, 2.45) is 0 Å². The highest BCUT2D eigenvalue weighted by Gasteiger charge is 2.52. The van der Waals surface area contributed by atoms with E-state index in [1.807, 2.05) is 0 Å². The molecule has 3 rings (SSSR count). The number of hydrogen-bond acceptors (Lipinski definition) is 8. The summed E-state index contributed by atoms with van der Waals surface area (Å²) < 4.78 is 22.9. The molecule has 0 saturated carbocycles. The minimum absolute atomic E-state index is 0.0817. The number of fused-ring (bicyclic) bond motifs is 1. The first-order valence-corrected chi connectivity index (χ1v) is 8.50. The van der Waals surface area contributed by atoms with Crippen LogP contribution in [0.4, 0.5) is 5.69 Å². The molecule has 2 fully saturated rings. The number of rotatable bonds is 4. The number of aliphatic hydroxyl groups is 1. The molecular weight excluding hydrogens is 360 g/mol. The highest BCUT2D eigenvalue weighted by Crippen LogP contribution is 2.33. The third-order valence-corrected chi connectivity index (χ3v) is 4.36. The zero-order valence-electron chi connectivity index (χ0n) is 15.2. The van der Waals surface area contributed by atoms with Crippen molar-refractivity contribution in [1.82, 2.24) is 5.32 Å². The minimum atomic E-state index is -1.10. The van der Waals surface area contributed by atoms with Crippen LogP contribution in [0, 0.1) is 10.1 Å². The first kappa shape index (κ1) is 19.5. The predicted molar refractivity (Wildman–Crippen MR) is 90.9 cm³/mol. The van der Waals surface area contributed by atoms with E-state index >= 15 is 0 Å². The van der Waals surface area contributed by atoms with E-state index in [-0.39, 0.29) is 18.2 Å². The number of hydrogen-bond donors (Lipinski definition) is 2. The fourth-order valence-corrected chi connectivity index (χ4v) is 3.11. The van der Waals surface area contributed by atoms with Gasteiger partial charge in [0.2, 0.25) is 12.2 Å². The van der Waals surface area contributed by atoms with E-state index < -0.39 is 41.4 Å². The SMILES string of the molecule is CC(=O)N[C@H]1[C@@H](Oc2ccc([N+](=O)[O-])cc2)O[C@@H]2COC(C)(C)O[C@@H]2[C@@H]1O. The molecule has 0 bridgehead atoms. The van der Waals surface area contributed by atoms with Crippen molar-refractivity contribution in [3.8, 4) is 5.75 Å². The van der Waals surface area contributed by atoms with Gasteiger partial charge in [0, 0.05) is 19.1 Å². The van der Waals surface area contributed by atoms with Crippen LogP contribution in [0.15, 0.2) is 24.3 Å². The number of nitro benzene ring substituents is 1. The summed E-state index contributed by atoms with van der Waals surface area (Å²) in [5.41, 5.74) is -0.0817. The van der Waals surface area contributed by atoms with Crippen molar-refractivity contribution in [3.05, 3.63) is 34.4 Å². The number of nitrogens with one attached hydrogen (secondary N) is 1. The van der Waals surface area contributed by atoms with Gasteiger partial charge < -0.3 is 29.4 Å². The number of nitro groups is 1. The Balaban J connectivity index is 1.79. The highest BCUT2D eigenvalue weighted by molar-refractivity contribution is 5.73. The molecule has 148 valence electrons. The molecule has 0 aromatic heterocycles. The van der Waals surface area contributed by atoms with Crippen molar-refractivity contribution in [2.75, 3.05) is 6.61 Å². The van der Waals surface area contributed by atoms with E-state index in [0.717, 1.165) is 0 Å². The van der Waals surface area contributed by atoms with Crippen molar-refractivity contribution in [3.63, 3.8) is 0 Å². The van der Waals surface area contributed by atoms with Gasteiger partial charge in [-0.1, -0.05) is 0 Å². The van der Waals surface area contributed by atoms with Gasteiger partial charge in [0.05, 0.1) is 11.5 Å². The Hall–Kier alpha value is -2.27. The summed E-state index contributed by atoms with van der Waals surface area (Å²) in [4.78, 5) is 21.8. The lowest BCUT2D eigenvalue weighted by Gasteiger charge is -2.49. The van der Waals surface area contributed by atoms with Crippen LogP contribution in [0.5, 0.6) is 5.75 Å². The normalized spacial score (nSPS) is 32.2. The maximum absolute atomic E-state index is 11.6. The molecule has 2 heterocycles. The molecule has 27 heavy (non-hydrogen) atoms. The third-order valence-electron chi connectivity index (χ3n) is 4.36. The second kappa shape index (κ2) is 7.39. The Morgan fingerprint density at radius 1 is 1.37 bits per heavy atom. The summed E-state index contributed by atoms with van der Waals surface area (Å²) in [6, 6.07) is 4.52. The first-order valence-electron chi connectivity index (χ1n) is 8.50. The van der Waals surface area contributed by atoms with Crippen LogP contribution in [-0.2, 0) is 19.0 Å². The first-order chi connectivity index (χ1) is 12.7. The third kappa shape index (κ3) is 4.35. The van der Waals surface area contributed by atoms with Crippen LogP contribution in [0.2, 0.25) is 0 Å². The van der Waals surface area contributed by atoms with Crippen molar-refractivity contribution in [1.29, 1.82) is 0 Å². The number of carbonyl (C=O) groups excluding carboxylic acids is 1. The number of nitrogens with zero attached hydrogens (tertiary/aromatic N) is 1. The molecule has 2 saturated heterocycles. The van der Waals surface area contributed by atoms with E-state index in [4.69, 9.17) is 18.9 Å². The van der Waals surface area contributed by atoms with Crippen LogP contribution in [0.1, 0.15) is 20.8 Å². The standard InChI is InChI=1S/C17H22N2O8/c1-9(20)18-13-14(21)15-12(8-24-17(2,3)27-15)26-16(13)25-11-6-4-10(5-7-11)19(22)23/h4-7,12-16,21H,8H2,1-3H3,(H,18,20)/t12-,13-,14-,15+,16+/m1/s1. The van der Waals surface area contributed by atoms with Crippen LogP contribution in [-0.4, -0.2) is 59.0 Å². The Kier molecular flexibility index (Phi) is 5.33. The molecular formula is C17H22N2O8. The molecule has 10 heteroatoms. The molecule has 0 radical (unpaired) electrons. The number of benzene rings is 1. The molecule has 2 aliphatic heterocycles. The van der Waals surface area contributed by atoms with Gasteiger partial charge in [-0.05, 0) is 26.0 Å².